The van der Waals surface area contributed by atoms with E-state index in [0.717, 1.165) is 49.7 Å². The number of amides is 2. The Morgan fingerprint density at radius 2 is 1.85 bits per heavy atom. The van der Waals surface area contributed by atoms with Gasteiger partial charge in [0, 0.05) is 32.2 Å². The van der Waals surface area contributed by atoms with E-state index in [9.17, 15) is 4.79 Å². The molecule has 1 aliphatic heterocycles. The molecule has 6 heteroatoms. The highest BCUT2D eigenvalue weighted by Gasteiger charge is 2.25. The fourth-order valence-corrected chi connectivity index (χ4v) is 5.30. The molecule has 1 aliphatic carbocycles. The molecule has 1 N–H and O–H groups in total. The number of piperazine rings is 1. The van der Waals surface area contributed by atoms with Crippen molar-refractivity contribution >= 4 is 32.7 Å². The summed E-state index contributed by atoms with van der Waals surface area (Å²) in [5.41, 5.74) is 3.65. The van der Waals surface area contributed by atoms with Crippen molar-refractivity contribution in [2.24, 2.45) is 0 Å². The maximum Gasteiger partial charge on any atom is 0.317 e. The topological polar surface area (TPSA) is 48.5 Å². The summed E-state index contributed by atoms with van der Waals surface area (Å²) in [4.78, 5) is 21.7. The quantitative estimate of drug-likeness (QED) is 0.864. The average Bonchev–Trinajstić information content (AvgIpc) is 3.07. The molecule has 2 heterocycles. The molecule has 0 spiro atoms. The van der Waals surface area contributed by atoms with Crippen molar-refractivity contribution in [1.82, 2.24) is 15.2 Å². The number of benzene rings is 1. The second-order valence-electron chi connectivity index (χ2n) is 7.68. The lowest BCUT2D eigenvalue weighted by Gasteiger charge is -2.35. The first-order chi connectivity index (χ1) is 12.6. The van der Waals surface area contributed by atoms with E-state index in [-0.39, 0.29) is 6.03 Å². The van der Waals surface area contributed by atoms with Crippen LogP contribution in [0.25, 0.3) is 10.2 Å². The van der Waals surface area contributed by atoms with Crippen LogP contribution in [-0.2, 0) is 0 Å². The van der Waals surface area contributed by atoms with Gasteiger partial charge < -0.3 is 15.1 Å². The highest BCUT2D eigenvalue weighted by molar-refractivity contribution is 7.22. The monoisotopic (exact) mass is 372 g/mol. The minimum atomic E-state index is 0.118. The molecular weight excluding hydrogens is 344 g/mol. The minimum Gasteiger partial charge on any atom is -0.345 e. The number of thiazole rings is 1. The van der Waals surface area contributed by atoms with Gasteiger partial charge in [0.2, 0.25) is 0 Å². The second kappa shape index (κ2) is 7.43. The number of aromatic nitrogens is 1. The van der Waals surface area contributed by atoms with Crippen LogP contribution in [0.1, 0.15) is 43.2 Å². The molecule has 1 saturated heterocycles. The molecule has 2 amide bonds. The van der Waals surface area contributed by atoms with Crippen LogP contribution in [0.3, 0.4) is 0 Å². The van der Waals surface area contributed by atoms with Gasteiger partial charge in [-0.15, -0.1) is 0 Å². The predicted octanol–water partition coefficient (Wildman–Crippen LogP) is 4.08. The van der Waals surface area contributed by atoms with Crippen molar-refractivity contribution in [1.29, 1.82) is 0 Å². The van der Waals surface area contributed by atoms with Gasteiger partial charge in [0.25, 0.3) is 0 Å². The maximum atomic E-state index is 12.5. The number of aryl methyl sites for hydroxylation is 2. The van der Waals surface area contributed by atoms with E-state index in [1.807, 2.05) is 4.90 Å². The third kappa shape index (κ3) is 3.65. The first kappa shape index (κ1) is 17.6. The van der Waals surface area contributed by atoms with E-state index in [1.54, 1.807) is 11.3 Å². The summed E-state index contributed by atoms with van der Waals surface area (Å²) in [7, 11) is 0. The summed E-state index contributed by atoms with van der Waals surface area (Å²) < 4.78 is 1.26. The molecule has 0 radical (unpaired) electrons. The van der Waals surface area contributed by atoms with Crippen LogP contribution < -0.4 is 10.2 Å². The highest BCUT2D eigenvalue weighted by Crippen LogP contribution is 2.32. The number of nitrogens with zero attached hydrogens (tertiary/aromatic N) is 3. The van der Waals surface area contributed by atoms with Crippen molar-refractivity contribution in [3.05, 3.63) is 23.3 Å². The van der Waals surface area contributed by atoms with Crippen molar-refractivity contribution < 1.29 is 4.79 Å². The van der Waals surface area contributed by atoms with Gasteiger partial charge in [-0.3, -0.25) is 0 Å². The Balaban J connectivity index is 1.37. The number of carbonyl (C=O) groups is 1. The average molecular weight is 373 g/mol. The van der Waals surface area contributed by atoms with E-state index < -0.39 is 0 Å². The Bertz CT molecular complexity index is 788. The number of carbonyl (C=O) groups excluding carboxylic acids is 1. The lowest BCUT2D eigenvalue weighted by molar-refractivity contribution is 0.186. The number of hydrogen-bond donors (Lipinski definition) is 1. The molecule has 2 aliphatic rings. The summed E-state index contributed by atoms with van der Waals surface area (Å²) in [6.07, 6.45) is 6.07. The largest absolute Gasteiger partial charge is 0.345 e. The molecule has 140 valence electrons. The summed E-state index contributed by atoms with van der Waals surface area (Å²) in [6.45, 7) is 7.52. The second-order valence-corrected chi connectivity index (χ2v) is 8.69. The van der Waals surface area contributed by atoms with Crippen LogP contribution in [0.2, 0.25) is 0 Å². The van der Waals surface area contributed by atoms with Gasteiger partial charge in [-0.1, -0.05) is 36.7 Å². The Kier molecular flexibility index (Phi) is 5.02. The van der Waals surface area contributed by atoms with Gasteiger partial charge in [0.1, 0.15) is 0 Å². The van der Waals surface area contributed by atoms with Gasteiger partial charge >= 0.3 is 6.03 Å². The zero-order valence-electron chi connectivity index (χ0n) is 15.8. The number of nitrogens with one attached hydrogen (secondary N) is 1. The first-order valence-electron chi connectivity index (χ1n) is 9.78. The van der Waals surface area contributed by atoms with Crippen LogP contribution in [0.5, 0.6) is 0 Å². The molecule has 26 heavy (non-hydrogen) atoms. The molecule has 1 aromatic heterocycles. The molecule has 5 nitrogen and oxygen atoms in total. The smallest absolute Gasteiger partial charge is 0.317 e. The number of fused-ring (bicyclic) bond motifs is 1. The van der Waals surface area contributed by atoms with Crippen LogP contribution in [0.4, 0.5) is 9.93 Å². The van der Waals surface area contributed by atoms with E-state index in [0.29, 0.717) is 6.04 Å². The highest BCUT2D eigenvalue weighted by atomic mass is 32.1. The number of urea groups is 1. The van der Waals surface area contributed by atoms with E-state index >= 15 is 0 Å². The fraction of sp³-hybridized carbons (Fsp3) is 0.600. The third-order valence-electron chi connectivity index (χ3n) is 5.59. The van der Waals surface area contributed by atoms with Crippen molar-refractivity contribution in [2.75, 3.05) is 31.1 Å². The minimum absolute atomic E-state index is 0.118. The molecule has 1 saturated carbocycles. The number of hydrogen-bond acceptors (Lipinski definition) is 4. The van der Waals surface area contributed by atoms with Crippen LogP contribution in [-0.4, -0.2) is 48.1 Å². The molecule has 0 bridgehead atoms. The van der Waals surface area contributed by atoms with Crippen molar-refractivity contribution in [3.8, 4) is 0 Å². The van der Waals surface area contributed by atoms with Crippen molar-refractivity contribution in [3.63, 3.8) is 0 Å². The predicted molar refractivity (Wildman–Crippen MR) is 108 cm³/mol. The maximum absolute atomic E-state index is 12.5. The Hall–Kier alpha value is -1.82. The molecule has 2 aromatic rings. The van der Waals surface area contributed by atoms with E-state index in [4.69, 9.17) is 4.98 Å². The molecule has 4 rings (SSSR count). The summed E-state index contributed by atoms with van der Waals surface area (Å²) in [6, 6.07) is 4.91. The fourth-order valence-electron chi connectivity index (χ4n) is 4.11. The zero-order valence-corrected chi connectivity index (χ0v) is 16.6. The lowest BCUT2D eigenvalue weighted by atomic mass is 9.96. The molecule has 0 unspecified atom stereocenters. The Morgan fingerprint density at radius 1 is 1.12 bits per heavy atom. The first-order valence-corrected chi connectivity index (χ1v) is 10.6. The van der Waals surface area contributed by atoms with Gasteiger partial charge in [0.15, 0.2) is 5.13 Å². The van der Waals surface area contributed by atoms with Gasteiger partial charge in [-0.05, 0) is 43.9 Å². The van der Waals surface area contributed by atoms with Gasteiger partial charge in [-0.25, -0.2) is 9.78 Å². The summed E-state index contributed by atoms with van der Waals surface area (Å²) >= 11 is 1.77. The number of anilines is 1. The number of rotatable bonds is 2. The van der Waals surface area contributed by atoms with Crippen LogP contribution in [0.15, 0.2) is 12.1 Å². The van der Waals surface area contributed by atoms with E-state index in [1.165, 1.54) is 35.1 Å². The summed E-state index contributed by atoms with van der Waals surface area (Å²) in [5.74, 6) is 0. The lowest BCUT2D eigenvalue weighted by Crippen LogP contribution is -2.53. The molecule has 2 fully saturated rings. The molecule has 0 atom stereocenters. The van der Waals surface area contributed by atoms with Gasteiger partial charge in [0.05, 0.1) is 10.2 Å². The third-order valence-corrected chi connectivity index (χ3v) is 6.65. The SMILES string of the molecule is Cc1cc(C)c2nc(N3CCN(C(=O)NC4CCCCC4)CC3)sc2c1. The Labute approximate surface area is 159 Å². The summed E-state index contributed by atoms with van der Waals surface area (Å²) in [5, 5.41) is 4.32. The zero-order chi connectivity index (χ0) is 18.1. The standard InChI is InChI=1S/C20H28N4OS/c1-14-12-15(2)18-17(13-14)26-20(22-18)24-10-8-23(9-11-24)19(25)21-16-6-4-3-5-7-16/h12-13,16H,3-11H2,1-2H3,(H,21,25). The molecule has 1 aromatic carbocycles. The van der Waals surface area contributed by atoms with Gasteiger partial charge in [-0.2, -0.15) is 0 Å². The van der Waals surface area contributed by atoms with Crippen LogP contribution >= 0.6 is 11.3 Å². The van der Waals surface area contributed by atoms with E-state index in [2.05, 4.69) is 36.2 Å². The Morgan fingerprint density at radius 3 is 2.58 bits per heavy atom. The van der Waals surface area contributed by atoms with Crippen molar-refractivity contribution in [2.45, 2.75) is 52.0 Å². The normalized spacial score (nSPS) is 19.2. The van der Waals surface area contributed by atoms with Crippen LogP contribution in [0, 0.1) is 13.8 Å². The molecular formula is C20H28N4OS.